The molecule has 1 aromatic rings. The zero-order valence-electron chi connectivity index (χ0n) is 13.0. The molecule has 1 saturated heterocycles. The summed E-state index contributed by atoms with van der Waals surface area (Å²) in [6.45, 7) is 4.89. The summed E-state index contributed by atoms with van der Waals surface area (Å²) < 4.78 is 5.77. The first-order valence-electron chi connectivity index (χ1n) is 7.50. The van der Waals surface area contributed by atoms with Crippen molar-refractivity contribution in [2.45, 2.75) is 44.8 Å². The van der Waals surface area contributed by atoms with Crippen molar-refractivity contribution in [1.29, 1.82) is 0 Å². The number of methoxy groups -OCH3 is 1. The van der Waals surface area contributed by atoms with Gasteiger partial charge in [-0.2, -0.15) is 0 Å². The van der Waals surface area contributed by atoms with Crippen LogP contribution in [0.5, 0.6) is 0 Å². The van der Waals surface area contributed by atoms with Crippen LogP contribution in [0.1, 0.15) is 36.8 Å². The third kappa shape index (κ3) is 4.25. The largest absolute Gasteiger partial charge is 0.377 e. The van der Waals surface area contributed by atoms with Crippen LogP contribution in [0.3, 0.4) is 0 Å². The summed E-state index contributed by atoms with van der Waals surface area (Å²) in [6, 6.07) is 2.07. The van der Waals surface area contributed by atoms with Gasteiger partial charge >= 0.3 is 0 Å². The smallest absolute Gasteiger partial charge is 0.217 e. The molecule has 0 saturated carbocycles. The van der Waals surface area contributed by atoms with Crippen LogP contribution in [-0.4, -0.2) is 41.6 Å². The highest BCUT2D eigenvalue weighted by Crippen LogP contribution is 2.30. The molecule has 0 aromatic carbocycles. The normalized spacial score (nSPS) is 23.1. The van der Waals surface area contributed by atoms with E-state index in [0.29, 0.717) is 12.8 Å². The van der Waals surface area contributed by atoms with Crippen LogP contribution in [-0.2, 0) is 16.1 Å². The molecule has 1 amide bonds. The Hall–Kier alpha value is -1.46. The first-order chi connectivity index (χ1) is 10.0. The van der Waals surface area contributed by atoms with Crippen molar-refractivity contribution in [3.8, 4) is 0 Å². The number of pyridine rings is 1. The van der Waals surface area contributed by atoms with Crippen molar-refractivity contribution in [1.82, 2.24) is 9.88 Å². The first-order valence-corrected chi connectivity index (χ1v) is 7.50. The SMILES string of the molecule is CO[C@@]1(CCC(N)=O)CCCN(Cc2ccncc2C)C1. The van der Waals surface area contributed by atoms with Crippen molar-refractivity contribution in [3.63, 3.8) is 0 Å². The number of ether oxygens (including phenoxy) is 1. The fraction of sp³-hybridized carbons (Fsp3) is 0.625. The molecule has 0 aliphatic carbocycles. The van der Waals surface area contributed by atoms with Gasteiger partial charge in [0.05, 0.1) is 5.60 Å². The number of nitrogens with zero attached hydrogens (tertiary/aromatic N) is 2. The van der Waals surface area contributed by atoms with E-state index in [4.69, 9.17) is 10.5 Å². The van der Waals surface area contributed by atoms with Gasteiger partial charge in [0.2, 0.25) is 5.91 Å². The minimum Gasteiger partial charge on any atom is -0.377 e. The van der Waals surface area contributed by atoms with E-state index in [9.17, 15) is 4.79 Å². The second-order valence-corrected chi connectivity index (χ2v) is 5.97. The highest BCUT2D eigenvalue weighted by Gasteiger charge is 2.35. The van der Waals surface area contributed by atoms with Crippen LogP contribution in [0.4, 0.5) is 0 Å². The van der Waals surface area contributed by atoms with E-state index in [1.54, 1.807) is 7.11 Å². The Balaban J connectivity index is 2.02. The van der Waals surface area contributed by atoms with Crippen molar-refractivity contribution in [2.75, 3.05) is 20.2 Å². The van der Waals surface area contributed by atoms with Crippen molar-refractivity contribution >= 4 is 5.91 Å². The van der Waals surface area contributed by atoms with Gasteiger partial charge in [0.25, 0.3) is 0 Å². The van der Waals surface area contributed by atoms with Crippen molar-refractivity contribution in [3.05, 3.63) is 29.6 Å². The molecular formula is C16H25N3O2. The van der Waals surface area contributed by atoms with Crippen LogP contribution in [0, 0.1) is 6.92 Å². The number of carbonyl (C=O) groups is 1. The molecule has 1 aromatic heterocycles. The first kappa shape index (κ1) is 15.9. The van der Waals surface area contributed by atoms with Crippen LogP contribution < -0.4 is 5.73 Å². The second-order valence-electron chi connectivity index (χ2n) is 5.97. The van der Waals surface area contributed by atoms with Gasteiger partial charge in [-0.1, -0.05) is 0 Å². The predicted molar refractivity (Wildman–Crippen MR) is 81.7 cm³/mol. The van der Waals surface area contributed by atoms with Gasteiger partial charge < -0.3 is 10.5 Å². The Kier molecular flexibility index (Phi) is 5.31. The molecule has 5 heteroatoms. The minimum absolute atomic E-state index is 0.242. The molecule has 1 atom stereocenters. The quantitative estimate of drug-likeness (QED) is 0.865. The molecule has 2 N–H and O–H groups in total. The van der Waals surface area contributed by atoms with Gasteiger partial charge in [0.15, 0.2) is 0 Å². The molecule has 0 unspecified atom stereocenters. The molecule has 0 spiro atoms. The van der Waals surface area contributed by atoms with E-state index in [1.165, 1.54) is 11.1 Å². The van der Waals surface area contributed by atoms with Gasteiger partial charge in [0.1, 0.15) is 0 Å². The fourth-order valence-electron chi connectivity index (χ4n) is 3.07. The van der Waals surface area contributed by atoms with Crippen LogP contribution in [0.25, 0.3) is 0 Å². The van der Waals surface area contributed by atoms with E-state index in [-0.39, 0.29) is 11.5 Å². The fourth-order valence-corrected chi connectivity index (χ4v) is 3.07. The maximum Gasteiger partial charge on any atom is 0.217 e. The van der Waals surface area contributed by atoms with Crippen molar-refractivity contribution < 1.29 is 9.53 Å². The van der Waals surface area contributed by atoms with Crippen LogP contribution in [0.15, 0.2) is 18.5 Å². The van der Waals surface area contributed by atoms with E-state index >= 15 is 0 Å². The molecule has 2 rings (SSSR count). The van der Waals surface area contributed by atoms with Gasteiger partial charge in [0, 0.05) is 39.0 Å². The number of carbonyl (C=O) groups excluding carboxylic acids is 1. The van der Waals surface area contributed by atoms with Gasteiger partial charge in [-0.15, -0.1) is 0 Å². The molecule has 1 aliphatic heterocycles. The molecule has 116 valence electrons. The monoisotopic (exact) mass is 291 g/mol. The van der Waals surface area contributed by atoms with Crippen LogP contribution in [0.2, 0.25) is 0 Å². The Labute approximate surface area is 126 Å². The molecule has 5 nitrogen and oxygen atoms in total. The maximum absolute atomic E-state index is 11.1. The lowest BCUT2D eigenvalue weighted by Gasteiger charge is -2.42. The Morgan fingerprint density at radius 2 is 2.38 bits per heavy atom. The lowest BCUT2D eigenvalue weighted by Crippen LogP contribution is -2.49. The number of primary amides is 1. The third-order valence-corrected chi connectivity index (χ3v) is 4.41. The van der Waals surface area contributed by atoms with Gasteiger partial charge in [-0.3, -0.25) is 14.7 Å². The number of nitrogens with two attached hydrogens (primary N) is 1. The highest BCUT2D eigenvalue weighted by molar-refractivity contribution is 5.73. The van der Waals surface area contributed by atoms with Gasteiger partial charge in [-0.25, -0.2) is 0 Å². The molecule has 1 fully saturated rings. The molecule has 2 heterocycles. The predicted octanol–water partition coefficient (Wildman–Crippen LogP) is 1.64. The number of aryl methyl sites for hydroxylation is 1. The summed E-state index contributed by atoms with van der Waals surface area (Å²) in [5.41, 5.74) is 7.55. The summed E-state index contributed by atoms with van der Waals surface area (Å²) in [5, 5.41) is 0. The Bertz CT molecular complexity index is 492. The van der Waals surface area contributed by atoms with E-state index in [2.05, 4.69) is 22.9 Å². The Morgan fingerprint density at radius 1 is 1.57 bits per heavy atom. The zero-order chi connectivity index (χ0) is 15.3. The van der Waals surface area contributed by atoms with Crippen LogP contribution >= 0.6 is 0 Å². The number of piperidine rings is 1. The third-order valence-electron chi connectivity index (χ3n) is 4.41. The second kappa shape index (κ2) is 7.00. The van der Waals surface area contributed by atoms with Crippen molar-refractivity contribution in [2.24, 2.45) is 5.73 Å². The molecule has 1 aliphatic rings. The summed E-state index contributed by atoms with van der Waals surface area (Å²) in [5.74, 6) is -0.256. The summed E-state index contributed by atoms with van der Waals surface area (Å²) >= 11 is 0. The standard InChI is InChI=1S/C16H25N3O2/c1-13-10-18-8-5-14(13)11-19-9-3-6-16(12-19,21-2)7-4-15(17)20/h5,8,10H,3-4,6-7,9,11-12H2,1-2H3,(H2,17,20)/t16-/m1/s1. The van der Waals surface area contributed by atoms with E-state index < -0.39 is 0 Å². The number of amides is 1. The molecular weight excluding hydrogens is 266 g/mol. The summed E-state index contributed by atoms with van der Waals surface area (Å²) in [7, 11) is 1.74. The lowest BCUT2D eigenvalue weighted by atomic mass is 9.87. The maximum atomic E-state index is 11.1. The number of hydrogen-bond acceptors (Lipinski definition) is 4. The summed E-state index contributed by atoms with van der Waals surface area (Å²) in [4.78, 5) is 17.6. The molecule has 0 bridgehead atoms. The topological polar surface area (TPSA) is 68.5 Å². The average molecular weight is 291 g/mol. The lowest BCUT2D eigenvalue weighted by molar-refractivity contribution is -0.121. The van der Waals surface area contributed by atoms with Gasteiger partial charge in [-0.05, 0) is 49.9 Å². The van der Waals surface area contributed by atoms with E-state index in [0.717, 1.165) is 32.5 Å². The number of aromatic nitrogens is 1. The minimum atomic E-state index is -0.256. The Morgan fingerprint density at radius 3 is 3.05 bits per heavy atom. The molecule has 0 radical (unpaired) electrons. The molecule has 21 heavy (non-hydrogen) atoms. The van der Waals surface area contributed by atoms with E-state index in [1.807, 2.05) is 12.4 Å². The number of likely N-dealkylation sites (tertiary alicyclic amines) is 1. The number of hydrogen-bond donors (Lipinski definition) is 1. The average Bonchev–Trinajstić information content (AvgIpc) is 2.48. The summed E-state index contributed by atoms with van der Waals surface area (Å²) in [6.07, 6.45) is 6.89. The highest BCUT2D eigenvalue weighted by atomic mass is 16.5. The zero-order valence-corrected chi connectivity index (χ0v) is 13.0. The number of rotatable bonds is 6.